The minimum absolute atomic E-state index is 0.0375. The van der Waals surface area contributed by atoms with Gasteiger partial charge in [0.25, 0.3) is 0 Å². The van der Waals surface area contributed by atoms with Crippen LogP contribution in [-0.2, 0) is 11.3 Å². The molecule has 3 heterocycles. The van der Waals surface area contributed by atoms with Crippen molar-refractivity contribution in [2.45, 2.75) is 63.0 Å². The van der Waals surface area contributed by atoms with Gasteiger partial charge in [-0.05, 0) is 31.6 Å². The minimum atomic E-state index is -4.14. The first kappa shape index (κ1) is 18.8. The van der Waals surface area contributed by atoms with Crippen LogP contribution in [0, 0.1) is 5.92 Å². The average molecular weight is 378 g/mol. The third kappa shape index (κ3) is 5.26. The maximum Gasteiger partial charge on any atom is 0.389 e. The van der Waals surface area contributed by atoms with Crippen LogP contribution in [0.5, 0.6) is 0 Å². The molecule has 0 bridgehead atoms. The van der Waals surface area contributed by atoms with Crippen LogP contribution >= 0.6 is 11.8 Å². The summed E-state index contributed by atoms with van der Waals surface area (Å²) < 4.78 is 45.0. The summed E-state index contributed by atoms with van der Waals surface area (Å²) in [6.07, 6.45) is -0.659. The lowest BCUT2D eigenvalue weighted by Crippen LogP contribution is -2.35. The molecule has 3 rings (SSSR count). The molecule has 142 valence electrons. The third-order valence-electron chi connectivity index (χ3n) is 4.79. The van der Waals surface area contributed by atoms with Gasteiger partial charge in [0.1, 0.15) is 0 Å². The van der Waals surface area contributed by atoms with Gasteiger partial charge in [-0.15, -0.1) is 10.2 Å². The van der Waals surface area contributed by atoms with E-state index in [0.29, 0.717) is 17.6 Å². The molecular formula is C16H25F3N4OS. The Balaban J connectivity index is 1.72. The van der Waals surface area contributed by atoms with Gasteiger partial charge in [0, 0.05) is 25.4 Å². The van der Waals surface area contributed by atoms with Crippen molar-refractivity contribution in [3.05, 3.63) is 0 Å². The summed E-state index contributed by atoms with van der Waals surface area (Å²) in [4.78, 5) is 2.20. The number of anilines is 1. The molecule has 1 aromatic rings. The van der Waals surface area contributed by atoms with E-state index in [1.54, 1.807) is 0 Å². The Bertz CT molecular complexity index is 552. The molecule has 0 radical (unpaired) electrons. The maximum absolute atomic E-state index is 12.4. The molecule has 2 aliphatic heterocycles. The van der Waals surface area contributed by atoms with Gasteiger partial charge in [0.15, 0.2) is 5.16 Å². The van der Waals surface area contributed by atoms with Crippen molar-refractivity contribution in [3.8, 4) is 0 Å². The normalized spacial score (nSPS) is 22.7. The zero-order valence-corrected chi connectivity index (χ0v) is 15.3. The summed E-state index contributed by atoms with van der Waals surface area (Å²) in [6, 6.07) is 0. The Hall–Kier alpha value is -0.960. The van der Waals surface area contributed by atoms with E-state index < -0.39 is 12.6 Å². The number of nitrogens with zero attached hydrogens (tertiary/aromatic N) is 4. The van der Waals surface area contributed by atoms with Crippen molar-refractivity contribution in [2.75, 3.05) is 30.3 Å². The molecule has 0 amide bonds. The van der Waals surface area contributed by atoms with Crippen LogP contribution in [0.4, 0.5) is 19.1 Å². The zero-order valence-electron chi connectivity index (χ0n) is 14.5. The summed E-state index contributed by atoms with van der Waals surface area (Å²) in [5.41, 5.74) is 0. The second kappa shape index (κ2) is 8.16. The van der Waals surface area contributed by atoms with E-state index in [0.717, 1.165) is 63.1 Å². The first-order valence-corrected chi connectivity index (χ1v) is 9.90. The number of hydrogen-bond acceptors (Lipinski definition) is 5. The Morgan fingerprint density at radius 2 is 1.96 bits per heavy atom. The second-order valence-electron chi connectivity index (χ2n) is 6.91. The van der Waals surface area contributed by atoms with Crippen LogP contribution in [-0.4, -0.2) is 52.5 Å². The molecule has 1 atom stereocenters. The fourth-order valence-electron chi connectivity index (χ4n) is 3.24. The van der Waals surface area contributed by atoms with Gasteiger partial charge < -0.3 is 9.64 Å². The van der Waals surface area contributed by atoms with E-state index >= 15 is 0 Å². The fraction of sp³-hybridized carbons (Fsp3) is 0.875. The molecule has 0 saturated carbocycles. The SMILES string of the molecule is CC1CCN(c2nnc(SCCC(F)(F)F)n2CC2CCCO2)CC1. The summed E-state index contributed by atoms with van der Waals surface area (Å²) in [7, 11) is 0. The van der Waals surface area contributed by atoms with Gasteiger partial charge in [0.2, 0.25) is 5.95 Å². The first-order valence-electron chi connectivity index (χ1n) is 8.91. The molecule has 5 nitrogen and oxygen atoms in total. The van der Waals surface area contributed by atoms with E-state index in [4.69, 9.17) is 4.74 Å². The van der Waals surface area contributed by atoms with Crippen molar-refractivity contribution < 1.29 is 17.9 Å². The topological polar surface area (TPSA) is 43.2 Å². The highest BCUT2D eigenvalue weighted by atomic mass is 32.2. The predicted octanol–water partition coefficient (Wildman–Crippen LogP) is 3.74. The molecule has 0 N–H and O–H groups in total. The molecule has 2 fully saturated rings. The first-order chi connectivity index (χ1) is 11.9. The average Bonchev–Trinajstić information content (AvgIpc) is 3.18. The number of hydrogen-bond donors (Lipinski definition) is 0. The maximum atomic E-state index is 12.4. The van der Waals surface area contributed by atoms with Crippen LogP contribution in [0.15, 0.2) is 5.16 Å². The molecule has 0 spiro atoms. The van der Waals surface area contributed by atoms with Crippen LogP contribution in [0.1, 0.15) is 39.0 Å². The van der Waals surface area contributed by atoms with Crippen molar-refractivity contribution in [1.29, 1.82) is 0 Å². The second-order valence-corrected chi connectivity index (χ2v) is 7.97. The summed E-state index contributed by atoms with van der Waals surface area (Å²) in [5, 5.41) is 9.05. The van der Waals surface area contributed by atoms with Crippen molar-refractivity contribution in [3.63, 3.8) is 0 Å². The van der Waals surface area contributed by atoms with E-state index in [-0.39, 0.29) is 11.9 Å². The van der Waals surface area contributed by atoms with Gasteiger partial charge in [-0.25, -0.2) is 0 Å². The van der Waals surface area contributed by atoms with E-state index in [2.05, 4.69) is 22.0 Å². The molecule has 0 aromatic carbocycles. The standard InChI is InChI=1S/C16H25F3N4OS/c1-12-4-7-22(8-5-12)14-20-21-15(25-10-6-16(17,18)19)23(14)11-13-3-2-9-24-13/h12-13H,2-11H2,1H3. The fourth-order valence-corrected chi connectivity index (χ4v) is 4.17. The van der Waals surface area contributed by atoms with Gasteiger partial charge in [-0.1, -0.05) is 18.7 Å². The van der Waals surface area contributed by atoms with Gasteiger partial charge in [-0.2, -0.15) is 13.2 Å². The summed E-state index contributed by atoms with van der Waals surface area (Å²) >= 11 is 1.13. The smallest absolute Gasteiger partial charge is 0.376 e. The van der Waals surface area contributed by atoms with Crippen LogP contribution in [0.25, 0.3) is 0 Å². The third-order valence-corrected chi connectivity index (χ3v) is 5.76. The highest BCUT2D eigenvalue weighted by Crippen LogP contribution is 2.30. The number of piperidine rings is 1. The number of ether oxygens (including phenoxy) is 1. The van der Waals surface area contributed by atoms with E-state index in [1.807, 2.05) is 4.57 Å². The Kier molecular flexibility index (Phi) is 6.14. The van der Waals surface area contributed by atoms with Gasteiger partial charge in [-0.3, -0.25) is 4.57 Å². The van der Waals surface area contributed by atoms with Crippen molar-refractivity contribution in [1.82, 2.24) is 14.8 Å². The lowest BCUT2D eigenvalue weighted by atomic mass is 10.00. The highest BCUT2D eigenvalue weighted by molar-refractivity contribution is 7.99. The summed E-state index contributed by atoms with van der Waals surface area (Å²) in [6.45, 7) is 5.44. The van der Waals surface area contributed by atoms with Crippen molar-refractivity contribution >= 4 is 17.7 Å². The predicted molar refractivity (Wildman–Crippen MR) is 91.0 cm³/mol. The number of aromatic nitrogens is 3. The Morgan fingerprint density at radius 3 is 2.60 bits per heavy atom. The number of halogens is 3. The molecule has 1 aromatic heterocycles. The molecule has 2 saturated heterocycles. The van der Waals surface area contributed by atoms with Gasteiger partial charge in [0.05, 0.1) is 19.1 Å². The minimum Gasteiger partial charge on any atom is -0.376 e. The highest BCUT2D eigenvalue weighted by Gasteiger charge is 2.29. The van der Waals surface area contributed by atoms with E-state index in [9.17, 15) is 13.2 Å². The molecule has 2 aliphatic rings. The lowest BCUT2D eigenvalue weighted by Gasteiger charge is -2.31. The van der Waals surface area contributed by atoms with Crippen LogP contribution < -0.4 is 4.90 Å². The lowest BCUT2D eigenvalue weighted by molar-refractivity contribution is -0.129. The molecule has 25 heavy (non-hydrogen) atoms. The molecular weight excluding hydrogens is 353 g/mol. The van der Waals surface area contributed by atoms with E-state index in [1.165, 1.54) is 0 Å². The Labute approximate surface area is 150 Å². The largest absolute Gasteiger partial charge is 0.389 e. The Morgan fingerprint density at radius 1 is 1.20 bits per heavy atom. The van der Waals surface area contributed by atoms with Gasteiger partial charge >= 0.3 is 6.18 Å². The molecule has 9 heteroatoms. The van der Waals surface area contributed by atoms with Crippen LogP contribution in [0.2, 0.25) is 0 Å². The summed E-state index contributed by atoms with van der Waals surface area (Å²) in [5.74, 6) is 1.44. The van der Waals surface area contributed by atoms with Crippen molar-refractivity contribution in [2.24, 2.45) is 5.92 Å². The number of thioether (sulfide) groups is 1. The quantitative estimate of drug-likeness (QED) is 0.706. The molecule has 0 aliphatic carbocycles. The molecule has 1 unspecified atom stereocenters. The number of alkyl halides is 3. The number of rotatable bonds is 6. The zero-order chi connectivity index (χ0) is 17.9. The van der Waals surface area contributed by atoms with Crippen LogP contribution in [0.3, 0.4) is 0 Å². The monoisotopic (exact) mass is 378 g/mol.